The van der Waals surface area contributed by atoms with Gasteiger partial charge in [0.15, 0.2) is 0 Å². The molecule has 2 saturated heterocycles. The lowest BCUT2D eigenvalue weighted by Gasteiger charge is -2.32. The van der Waals surface area contributed by atoms with Crippen molar-refractivity contribution in [2.45, 2.75) is 31.7 Å². The van der Waals surface area contributed by atoms with Gasteiger partial charge in [-0.25, -0.2) is 0 Å². The number of ether oxygens (including phenoxy) is 1. The number of hydrogen-bond acceptors (Lipinski definition) is 3. The summed E-state index contributed by atoms with van der Waals surface area (Å²) in [5, 5.41) is 12.0. The zero-order valence-corrected chi connectivity index (χ0v) is 9.52. The van der Waals surface area contributed by atoms with E-state index in [9.17, 15) is 4.79 Å². The predicted molar refractivity (Wildman–Crippen MR) is 58.4 cm³/mol. The van der Waals surface area contributed by atoms with E-state index in [0.717, 1.165) is 39.0 Å². The van der Waals surface area contributed by atoms with E-state index in [1.54, 1.807) is 0 Å². The second-order valence-corrected chi connectivity index (χ2v) is 4.49. The minimum absolute atomic E-state index is 0. The van der Waals surface area contributed by atoms with Crippen molar-refractivity contribution >= 4 is 18.4 Å². The fraction of sp³-hybridized carbons (Fsp3) is 0.900. The Morgan fingerprint density at radius 3 is 2.73 bits per heavy atom. The maximum Gasteiger partial charge on any atom is 0.304 e. The van der Waals surface area contributed by atoms with Crippen LogP contribution >= 0.6 is 12.4 Å². The summed E-state index contributed by atoms with van der Waals surface area (Å²) in [6, 6.07) is 0.172. The minimum atomic E-state index is -0.702. The zero-order valence-electron chi connectivity index (χ0n) is 8.70. The predicted octanol–water partition coefficient (Wildman–Crippen LogP) is 1.04. The third-order valence-corrected chi connectivity index (χ3v) is 3.42. The molecule has 1 spiro atoms. The molecule has 0 radical (unpaired) electrons. The molecule has 1 atom stereocenters. The van der Waals surface area contributed by atoms with Crippen LogP contribution in [0.4, 0.5) is 0 Å². The van der Waals surface area contributed by atoms with Crippen LogP contribution in [0.25, 0.3) is 0 Å². The lowest BCUT2D eigenvalue weighted by Crippen LogP contribution is -2.31. The highest BCUT2D eigenvalue weighted by atomic mass is 35.5. The van der Waals surface area contributed by atoms with Gasteiger partial charge in [-0.15, -0.1) is 12.4 Å². The normalized spacial score (nSPS) is 28.7. The topological polar surface area (TPSA) is 58.6 Å². The van der Waals surface area contributed by atoms with E-state index in [-0.39, 0.29) is 24.9 Å². The van der Waals surface area contributed by atoms with E-state index in [0.29, 0.717) is 5.41 Å². The summed E-state index contributed by atoms with van der Waals surface area (Å²) < 4.78 is 5.33. The third kappa shape index (κ3) is 3.06. The molecule has 2 aliphatic heterocycles. The van der Waals surface area contributed by atoms with Crippen LogP contribution < -0.4 is 5.32 Å². The molecule has 0 aromatic rings. The molecule has 2 rings (SSSR count). The van der Waals surface area contributed by atoms with Crippen LogP contribution in [0.1, 0.15) is 25.7 Å². The van der Waals surface area contributed by atoms with Crippen LogP contribution in [-0.2, 0) is 9.53 Å². The molecular formula is C10H18ClNO3. The van der Waals surface area contributed by atoms with Gasteiger partial charge in [0.25, 0.3) is 0 Å². The molecule has 0 saturated carbocycles. The van der Waals surface area contributed by atoms with Crippen LogP contribution in [0.2, 0.25) is 0 Å². The zero-order chi connectivity index (χ0) is 10.0. The number of rotatable bonds is 2. The first-order valence-corrected chi connectivity index (χ1v) is 5.23. The monoisotopic (exact) mass is 235 g/mol. The van der Waals surface area contributed by atoms with E-state index >= 15 is 0 Å². The van der Waals surface area contributed by atoms with Crippen LogP contribution in [0.3, 0.4) is 0 Å². The largest absolute Gasteiger partial charge is 0.481 e. The fourth-order valence-corrected chi connectivity index (χ4v) is 2.57. The van der Waals surface area contributed by atoms with Gasteiger partial charge in [-0.2, -0.15) is 0 Å². The van der Waals surface area contributed by atoms with Gasteiger partial charge in [-0.3, -0.25) is 4.79 Å². The van der Waals surface area contributed by atoms with E-state index in [2.05, 4.69) is 5.32 Å². The molecule has 5 heteroatoms. The highest BCUT2D eigenvalue weighted by Crippen LogP contribution is 2.39. The molecular weight excluding hydrogens is 218 g/mol. The molecule has 4 nitrogen and oxygen atoms in total. The quantitative estimate of drug-likeness (QED) is 0.751. The minimum Gasteiger partial charge on any atom is -0.481 e. The first-order chi connectivity index (χ1) is 6.70. The Balaban J connectivity index is 0.00000112. The summed E-state index contributed by atoms with van der Waals surface area (Å²) >= 11 is 0. The average molecular weight is 236 g/mol. The van der Waals surface area contributed by atoms with Crippen molar-refractivity contribution in [1.29, 1.82) is 0 Å². The van der Waals surface area contributed by atoms with E-state index in [1.807, 2.05) is 0 Å². The molecule has 2 aliphatic rings. The van der Waals surface area contributed by atoms with Crippen LogP contribution in [0, 0.1) is 5.41 Å². The highest BCUT2D eigenvalue weighted by Gasteiger charge is 2.40. The number of carboxylic acid groups (broad SMARTS) is 1. The number of aliphatic carboxylic acids is 1. The Hall–Kier alpha value is -0.320. The van der Waals surface area contributed by atoms with E-state index in [4.69, 9.17) is 9.84 Å². The van der Waals surface area contributed by atoms with Crippen molar-refractivity contribution in [3.8, 4) is 0 Å². The molecule has 15 heavy (non-hydrogen) atoms. The molecule has 1 unspecified atom stereocenters. The van der Waals surface area contributed by atoms with Gasteiger partial charge < -0.3 is 15.2 Å². The Morgan fingerprint density at radius 2 is 2.13 bits per heavy atom. The van der Waals surface area contributed by atoms with E-state index in [1.165, 1.54) is 0 Å². The molecule has 0 aromatic heterocycles. The van der Waals surface area contributed by atoms with Crippen molar-refractivity contribution < 1.29 is 14.6 Å². The van der Waals surface area contributed by atoms with Gasteiger partial charge in [-0.05, 0) is 24.7 Å². The molecule has 2 N–H and O–H groups in total. The summed E-state index contributed by atoms with van der Waals surface area (Å²) in [6.07, 6.45) is 3.41. The van der Waals surface area contributed by atoms with Crippen molar-refractivity contribution in [2.75, 3.05) is 19.8 Å². The van der Waals surface area contributed by atoms with Crippen molar-refractivity contribution in [1.82, 2.24) is 5.32 Å². The lowest BCUT2D eigenvalue weighted by molar-refractivity contribution is -0.137. The third-order valence-electron chi connectivity index (χ3n) is 3.42. The molecule has 0 bridgehead atoms. The Bertz CT molecular complexity index is 229. The van der Waals surface area contributed by atoms with Gasteiger partial charge >= 0.3 is 5.97 Å². The first kappa shape index (κ1) is 12.7. The molecule has 0 aliphatic carbocycles. The summed E-state index contributed by atoms with van der Waals surface area (Å²) in [6.45, 7) is 2.64. The summed E-state index contributed by atoms with van der Waals surface area (Å²) in [5.74, 6) is -0.702. The van der Waals surface area contributed by atoms with Crippen LogP contribution in [0.5, 0.6) is 0 Å². The smallest absolute Gasteiger partial charge is 0.304 e. The maximum absolute atomic E-state index is 10.6. The van der Waals surface area contributed by atoms with Gasteiger partial charge in [0.1, 0.15) is 0 Å². The fourth-order valence-electron chi connectivity index (χ4n) is 2.57. The van der Waals surface area contributed by atoms with Crippen molar-refractivity contribution in [3.63, 3.8) is 0 Å². The second-order valence-electron chi connectivity index (χ2n) is 4.49. The number of carboxylic acids is 1. The van der Waals surface area contributed by atoms with E-state index < -0.39 is 5.97 Å². The number of carbonyl (C=O) groups is 1. The SMILES string of the molecule is Cl.O=C(O)CC1CC2(CCOCC2)CN1. The van der Waals surface area contributed by atoms with Crippen molar-refractivity contribution in [3.05, 3.63) is 0 Å². The number of nitrogens with one attached hydrogen (secondary N) is 1. The molecule has 2 fully saturated rings. The Morgan fingerprint density at radius 1 is 1.47 bits per heavy atom. The maximum atomic E-state index is 10.6. The van der Waals surface area contributed by atoms with Crippen LogP contribution in [-0.4, -0.2) is 36.9 Å². The highest BCUT2D eigenvalue weighted by molar-refractivity contribution is 5.85. The van der Waals surface area contributed by atoms with Gasteiger partial charge in [0.05, 0.1) is 6.42 Å². The first-order valence-electron chi connectivity index (χ1n) is 5.23. The average Bonchev–Trinajstić information content (AvgIpc) is 2.49. The van der Waals surface area contributed by atoms with Gasteiger partial charge in [0, 0.05) is 25.8 Å². The standard InChI is InChI=1S/C10H17NO3.ClH/c12-9(13)5-8-6-10(7-11-8)1-3-14-4-2-10;/h8,11H,1-7H2,(H,12,13);1H. The number of hydrogen-bond donors (Lipinski definition) is 2. The lowest BCUT2D eigenvalue weighted by atomic mass is 9.78. The molecule has 0 amide bonds. The number of halogens is 1. The molecule has 0 aromatic carbocycles. The second kappa shape index (κ2) is 5.14. The molecule has 88 valence electrons. The van der Waals surface area contributed by atoms with Crippen LogP contribution in [0.15, 0.2) is 0 Å². The Labute approximate surface area is 95.8 Å². The van der Waals surface area contributed by atoms with Crippen molar-refractivity contribution in [2.24, 2.45) is 5.41 Å². The summed E-state index contributed by atoms with van der Waals surface area (Å²) in [5.41, 5.74) is 0.332. The summed E-state index contributed by atoms with van der Waals surface area (Å²) in [7, 11) is 0. The Kier molecular flexibility index (Phi) is 4.37. The summed E-state index contributed by atoms with van der Waals surface area (Å²) in [4.78, 5) is 10.6. The molecule has 2 heterocycles. The van der Waals surface area contributed by atoms with Gasteiger partial charge in [0.2, 0.25) is 0 Å². The van der Waals surface area contributed by atoms with Gasteiger partial charge in [-0.1, -0.05) is 0 Å².